The molecule has 0 aliphatic heterocycles. The van der Waals surface area contributed by atoms with E-state index in [0.717, 1.165) is 31.2 Å². The van der Waals surface area contributed by atoms with Crippen molar-refractivity contribution in [1.29, 1.82) is 0 Å². The molecule has 2 aromatic carbocycles. The lowest BCUT2D eigenvalue weighted by atomic mass is 9.97. The molecule has 0 atom stereocenters. The number of amides is 1. The van der Waals surface area contributed by atoms with Gasteiger partial charge in [0.05, 0.1) is 10.6 Å². The fourth-order valence-corrected chi connectivity index (χ4v) is 4.83. The Kier molecular flexibility index (Phi) is 8.21. The molecule has 1 aliphatic carbocycles. The van der Waals surface area contributed by atoms with Crippen LogP contribution in [0.1, 0.15) is 50.5 Å². The van der Waals surface area contributed by atoms with Crippen molar-refractivity contribution in [3.8, 4) is 5.75 Å². The van der Waals surface area contributed by atoms with E-state index in [9.17, 15) is 13.2 Å². The number of halogens is 1. The fraction of sp³-hybridized carbons (Fsp3) is 0.435. The van der Waals surface area contributed by atoms with Crippen molar-refractivity contribution in [3.05, 3.63) is 53.1 Å². The van der Waals surface area contributed by atoms with Gasteiger partial charge in [0.2, 0.25) is 0 Å². The standard InChI is InChI=1S/C23H29ClN2O4S/c1-17-9-10-19(15-22(17)24)26-31(28,29)21-13-11-20(12-14-21)30-16-23(27)25-18-7-5-3-2-4-6-8-18/h9-15,18,26H,2-8,16H2,1H3,(H,25,27). The van der Waals surface area contributed by atoms with E-state index in [0.29, 0.717) is 16.5 Å². The Morgan fingerprint density at radius 1 is 1.03 bits per heavy atom. The number of ether oxygens (including phenoxy) is 1. The van der Waals surface area contributed by atoms with Crippen LogP contribution in [0.3, 0.4) is 0 Å². The molecule has 0 aromatic heterocycles. The molecule has 0 heterocycles. The Hall–Kier alpha value is -2.25. The number of benzene rings is 2. The molecular weight excluding hydrogens is 436 g/mol. The van der Waals surface area contributed by atoms with Crippen molar-refractivity contribution >= 4 is 33.2 Å². The van der Waals surface area contributed by atoms with Gasteiger partial charge in [-0.15, -0.1) is 0 Å². The predicted molar refractivity (Wildman–Crippen MR) is 123 cm³/mol. The van der Waals surface area contributed by atoms with Gasteiger partial charge in [0.25, 0.3) is 15.9 Å². The summed E-state index contributed by atoms with van der Waals surface area (Å²) < 4.78 is 33.2. The second-order valence-electron chi connectivity index (χ2n) is 7.94. The van der Waals surface area contributed by atoms with Crippen LogP contribution in [-0.2, 0) is 14.8 Å². The molecule has 0 spiro atoms. The molecule has 0 radical (unpaired) electrons. The van der Waals surface area contributed by atoms with Gasteiger partial charge in [0.15, 0.2) is 6.61 Å². The lowest BCUT2D eigenvalue weighted by molar-refractivity contribution is -0.123. The number of hydrogen-bond donors (Lipinski definition) is 2. The minimum Gasteiger partial charge on any atom is -0.484 e. The van der Waals surface area contributed by atoms with Gasteiger partial charge in [0, 0.05) is 11.1 Å². The first-order valence-electron chi connectivity index (χ1n) is 10.6. The normalized spacial score (nSPS) is 15.5. The SMILES string of the molecule is Cc1ccc(NS(=O)(=O)c2ccc(OCC(=O)NC3CCCCCCC3)cc2)cc1Cl. The first kappa shape index (κ1) is 23.4. The van der Waals surface area contributed by atoms with Crippen LogP contribution in [0.4, 0.5) is 5.69 Å². The quantitative estimate of drug-likeness (QED) is 0.600. The average Bonchev–Trinajstić information content (AvgIpc) is 2.71. The highest BCUT2D eigenvalue weighted by Gasteiger charge is 2.16. The fourth-order valence-electron chi connectivity index (χ4n) is 3.60. The number of aryl methyl sites for hydroxylation is 1. The van der Waals surface area contributed by atoms with Crippen LogP contribution in [0, 0.1) is 6.92 Å². The Labute approximate surface area is 189 Å². The number of anilines is 1. The molecule has 1 saturated carbocycles. The molecule has 2 aromatic rings. The van der Waals surface area contributed by atoms with Crippen molar-refractivity contribution in [1.82, 2.24) is 5.32 Å². The smallest absolute Gasteiger partial charge is 0.261 e. The zero-order valence-corrected chi connectivity index (χ0v) is 19.3. The van der Waals surface area contributed by atoms with Crippen molar-refractivity contribution in [2.45, 2.75) is 62.8 Å². The van der Waals surface area contributed by atoms with Gasteiger partial charge in [-0.25, -0.2) is 8.42 Å². The van der Waals surface area contributed by atoms with Crippen LogP contribution < -0.4 is 14.8 Å². The van der Waals surface area contributed by atoms with E-state index in [1.807, 2.05) is 6.92 Å². The molecule has 3 rings (SSSR count). The van der Waals surface area contributed by atoms with Crippen molar-refractivity contribution in [2.24, 2.45) is 0 Å². The monoisotopic (exact) mass is 464 g/mol. The predicted octanol–water partition coefficient (Wildman–Crippen LogP) is 5.06. The summed E-state index contributed by atoms with van der Waals surface area (Å²) in [5.41, 5.74) is 1.26. The molecule has 1 fully saturated rings. The van der Waals surface area contributed by atoms with Crippen LogP contribution in [0.2, 0.25) is 5.02 Å². The van der Waals surface area contributed by atoms with Crippen LogP contribution in [0.5, 0.6) is 5.75 Å². The van der Waals surface area contributed by atoms with Gasteiger partial charge >= 0.3 is 0 Å². The third-order valence-corrected chi connectivity index (χ3v) is 7.20. The second-order valence-corrected chi connectivity index (χ2v) is 10.0. The Balaban J connectivity index is 1.53. The highest BCUT2D eigenvalue weighted by atomic mass is 35.5. The van der Waals surface area contributed by atoms with Crippen molar-refractivity contribution in [3.63, 3.8) is 0 Å². The van der Waals surface area contributed by atoms with E-state index in [1.165, 1.54) is 31.4 Å². The summed E-state index contributed by atoms with van der Waals surface area (Å²) in [5.74, 6) is 0.283. The van der Waals surface area contributed by atoms with Crippen LogP contribution in [0.25, 0.3) is 0 Å². The number of sulfonamides is 1. The second kappa shape index (κ2) is 10.9. The summed E-state index contributed by atoms with van der Waals surface area (Å²) in [7, 11) is -3.76. The third kappa shape index (κ3) is 7.14. The number of carbonyl (C=O) groups excluding carboxylic acids is 1. The molecule has 0 bridgehead atoms. The lowest BCUT2D eigenvalue weighted by Crippen LogP contribution is -2.38. The molecular formula is C23H29ClN2O4S. The van der Waals surface area contributed by atoms with Gasteiger partial charge in [0.1, 0.15) is 5.75 Å². The maximum atomic E-state index is 12.6. The Morgan fingerprint density at radius 2 is 1.68 bits per heavy atom. The average molecular weight is 465 g/mol. The topological polar surface area (TPSA) is 84.5 Å². The van der Waals surface area contributed by atoms with Crippen LogP contribution in [0.15, 0.2) is 47.4 Å². The summed E-state index contributed by atoms with van der Waals surface area (Å²) in [5, 5.41) is 3.54. The largest absolute Gasteiger partial charge is 0.484 e. The summed E-state index contributed by atoms with van der Waals surface area (Å²) in [6, 6.07) is 11.2. The minimum atomic E-state index is -3.76. The van der Waals surface area contributed by atoms with E-state index in [4.69, 9.17) is 16.3 Å². The van der Waals surface area contributed by atoms with E-state index in [-0.39, 0.29) is 23.5 Å². The summed E-state index contributed by atoms with van der Waals surface area (Å²) in [4.78, 5) is 12.3. The lowest BCUT2D eigenvalue weighted by Gasteiger charge is -2.21. The molecule has 0 unspecified atom stereocenters. The molecule has 1 aliphatic rings. The molecule has 31 heavy (non-hydrogen) atoms. The van der Waals surface area contributed by atoms with Gasteiger partial charge < -0.3 is 10.1 Å². The van der Waals surface area contributed by atoms with E-state index in [2.05, 4.69) is 10.0 Å². The molecule has 6 nitrogen and oxygen atoms in total. The number of hydrogen-bond acceptors (Lipinski definition) is 4. The minimum absolute atomic E-state index is 0.0931. The van der Waals surface area contributed by atoms with E-state index < -0.39 is 10.0 Å². The summed E-state index contributed by atoms with van der Waals surface area (Å²) >= 11 is 6.06. The first-order valence-corrected chi connectivity index (χ1v) is 12.5. The van der Waals surface area contributed by atoms with Crippen LogP contribution in [-0.4, -0.2) is 27.0 Å². The number of carbonyl (C=O) groups is 1. The maximum absolute atomic E-state index is 12.6. The molecule has 8 heteroatoms. The van der Waals surface area contributed by atoms with Crippen LogP contribution >= 0.6 is 11.6 Å². The van der Waals surface area contributed by atoms with Gasteiger partial charge in [-0.05, 0) is 61.7 Å². The van der Waals surface area contributed by atoms with Gasteiger partial charge in [-0.2, -0.15) is 0 Å². The third-order valence-electron chi connectivity index (χ3n) is 5.40. The molecule has 2 N–H and O–H groups in total. The Morgan fingerprint density at radius 3 is 2.32 bits per heavy atom. The Bertz CT molecular complexity index is 985. The zero-order valence-electron chi connectivity index (χ0n) is 17.7. The zero-order chi connectivity index (χ0) is 22.3. The molecule has 168 valence electrons. The number of nitrogens with one attached hydrogen (secondary N) is 2. The maximum Gasteiger partial charge on any atom is 0.261 e. The summed E-state index contributed by atoms with van der Waals surface area (Å²) in [6.45, 7) is 1.75. The highest BCUT2D eigenvalue weighted by Crippen LogP contribution is 2.23. The van der Waals surface area contributed by atoms with Gasteiger partial charge in [-0.3, -0.25) is 9.52 Å². The highest BCUT2D eigenvalue weighted by molar-refractivity contribution is 7.92. The number of rotatable bonds is 7. The first-order chi connectivity index (χ1) is 14.8. The van der Waals surface area contributed by atoms with Crippen molar-refractivity contribution in [2.75, 3.05) is 11.3 Å². The van der Waals surface area contributed by atoms with E-state index >= 15 is 0 Å². The molecule has 0 saturated heterocycles. The van der Waals surface area contributed by atoms with E-state index in [1.54, 1.807) is 30.3 Å². The summed E-state index contributed by atoms with van der Waals surface area (Å²) in [6.07, 6.45) is 8.04. The molecule has 1 amide bonds. The van der Waals surface area contributed by atoms with Crippen molar-refractivity contribution < 1.29 is 17.9 Å². The van der Waals surface area contributed by atoms with Gasteiger partial charge in [-0.1, -0.05) is 49.8 Å².